The molecule has 2 aliphatic heterocycles. The Morgan fingerprint density at radius 3 is 2.50 bits per heavy atom. The van der Waals surface area contributed by atoms with Crippen LogP contribution in [0, 0.1) is 6.92 Å². The van der Waals surface area contributed by atoms with Crippen molar-refractivity contribution in [3.63, 3.8) is 0 Å². The largest absolute Gasteiger partial charge is 0.486 e. The van der Waals surface area contributed by atoms with Gasteiger partial charge in [0.25, 0.3) is 5.91 Å². The third-order valence-electron chi connectivity index (χ3n) is 5.14. The first-order valence-corrected chi connectivity index (χ1v) is 8.96. The van der Waals surface area contributed by atoms with E-state index in [4.69, 9.17) is 14.6 Å². The summed E-state index contributed by atoms with van der Waals surface area (Å²) in [6.45, 7) is 2.98. The van der Waals surface area contributed by atoms with Gasteiger partial charge >= 0.3 is 5.97 Å². The highest BCUT2D eigenvalue weighted by Crippen LogP contribution is 2.32. The number of aliphatic hydroxyl groups is 1. The predicted octanol–water partition coefficient (Wildman–Crippen LogP) is 0.399. The number of hydrogen-bond donors (Lipinski definition) is 2. The summed E-state index contributed by atoms with van der Waals surface area (Å²) in [4.78, 5) is 25.4. The van der Waals surface area contributed by atoms with Crippen LogP contribution in [0.4, 0.5) is 0 Å². The fourth-order valence-electron chi connectivity index (χ4n) is 3.38. The van der Waals surface area contributed by atoms with Crippen molar-refractivity contribution in [1.29, 1.82) is 0 Å². The summed E-state index contributed by atoms with van der Waals surface area (Å²) in [5.74, 6) is -0.340. The maximum Gasteiger partial charge on any atom is 0.335 e. The smallest absolute Gasteiger partial charge is 0.335 e. The first-order chi connectivity index (χ1) is 13.4. The number of aromatic nitrogens is 3. The summed E-state index contributed by atoms with van der Waals surface area (Å²) in [5.41, 5.74) is -0.349. The van der Waals surface area contributed by atoms with Gasteiger partial charge < -0.3 is 24.6 Å². The number of aliphatic carboxylic acids is 1. The Morgan fingerprint density at radius 2 is 1.82 bits per heavy atom. The number of piperidine rings is 1. The molecule has 0 bridgehead atoms. The van der Waals surface area contributed by atoms with Crippen LogP contribution in [-0.2, 0) is 4.79 Å². The molecule has 10 nitrogen and oxygen atoms in total. The number of carbonyl (C=O) groups excluding carboxylic acids is 1. The molecular formula is C18H20N4O6. The molecule has 0 saturated carbocycles. The molecule has 2 aliphatic rings. The molecule has 10 heteroatoms. The van der Waals surface area contributed by atoms with E-state index < -0.39 is 11.6 Å². The second-order valence-electron chi connectivity index (χ2n) is 6.89. The second kappa shape index (κ2) is 6.79. The van der Waals surface area contributed by atoms with Crippen molar-refractivity contribution >= 4 is 11.9 Å². The lowest BCUT2D eigenvalue weighted by Gasteiger charge is -2.35. The standard InChI is InChI=1S/C18H20N4O6/c1-11-15(16(23)21-6-4-18(26,5-7-21)17(24)25)19-20-22(11)12-2-3-13-14(10-12)28-9-8-27-13/h2-3,10,26H,4-9H2,1H3,(H,24,25). The van der Waals surface area contributed by atoms with Crippen molar-refractivity contribution in [2.24, 2.45) is 0 Å². The van der Waals surface area contributed by atoms with E-state index in [9.17, 15) is 14.7 Å². The zero-order valence-electron chi connectivity index (χ0n) is 15.3. The number of carboxylic acid groups (broad SMARTS) is 1. The maximum atomic E-state index is 12.8. The molecule has 0 aliphatic carbocycles. The Bertz CT molecular complexity index is 932. The van der Waals surface area contributed by atoms with Crippen LogP contribution in [-0.4, -0.2) is 73.9 Å². The average Bonchev–Trinajstić information content (AvgIpc) is 3.09. The number of fused-ring (bicyclic) bond motifs is 1. The highest BCUT2D eigenvalue weighted by Gasteiger charge is 2.41. The van der Waals surface area contributed by atoms with Crippen LogP contribution in [0.15, 0.2) is 18.2 Å². The fourth-order valence-corrected chi connectivity index (χ4v) is 3.38. The van der Waals surface area contributed by atoms with E-state index in [1.54, 1.807) is 29.8 Å². The van der Waals surface area contributed by atoms with Gasteiger partial charge in [-0.15, -0.1) is 5.10 Å². The summed E-state index contributed by atoms with van der Waals surface area (Å²) < 4.78 is 12.6. The maximum absolute atomic E-state index is 12.8. The third kappa shape index (κ3) is 3.05. The first kappa shape index (κ1) is 18.2. The molecule has 3 heterocycles. The van der Waals surface area contributed by atoms with Crippen LogP contribution >= 0.6 is 0 Å². The minimum absolute atomic E-state index is 0.0244. The number of carbonyl (C=O) groups is 2. The number of nitrogens with zero attached hydrogens (tertiary/aromatic N) is 4. The van der Waals surface area contributed by atoms with Gasteiger partial charge in [-0.3, -0.25) is 4.79 Å². The van der Waals surface area contributed by atoms with Gasteiger partial charge in [0.1, 0.15) is 13.2 Å². The first-order valence-electron chi connectivity index (χ1n) is 8.96. The summed E-state index contributed by atoms with van der Waals surface area (Å²) in [6, 6.07) is 5.36. The van der Waals surface area contributed by atoms with Gasteiger partial charge in [-0.05, 0) is 19.1 Å². The zero-order valence-corrected chi connectivity index (χ0v) is 15.3. The molecule has 4 rings (SSSR count). The molecule has 1 fully saturated rings. The lowest BCUT2D eigenvalue weighted by molar-refractivity contribution is -0.162. The Balaban J connectivity index is 1.54. The lowest BCUT2D eigenvalue weighted by atomic mass is 9.91. The SMILES string of the molecule is Cc1c(C(=O)N2CCC(O)(C(=O)O)CC2)nnn1-c1ccc2c(c1)OCCO2. The summed E-state index contributed by atoms with van der Waals surface area (Å²) in [5, 5.41) is 27.2. The molecule has 2 aromatic rings. The number of ether oxygens (including phenoxy) is 2. The van der Waals surface area contributed by atoms with Crippen LogP contribution in [0.2, 0.25) is 0 Å². The molecule has 1 aromatic heterocycles. The van der Waals surface area contributed by atoms with Gasteiger partial charge in [0, 0.05) is 32.0 Å². The summed E-state index contributed by atoms with van der Waals surface area (Å²) in [6.07, 6.45) is -0.0488. The molecule has 2 N–H and O–H groups in total. The van der Waals surface area contributed by atoms with Crippen LogP contribution in [0.25, 0.3) is 5.69 Å². The zero-order chi connectivity index (χ0) is 19.9. The van der Waals surface area contributed by atoms with Gasteiger partial charge in [-0.25, -0.2) is 9.48 Å². The predicted molar refractivity (Wildman–Crippen MR) is 94.8 cm³/mol. The summed E-state index contributed by atoms with van der Waals surface area (Å²) in [7, 11) is 0. The lowest BCUT2D eigenvalue weighted by Crippen LogP contribution is -2.51. The normalized spacial score (nSPS) is 18.0. The van der Waals surface area contributed by atoms with Gasteiger partial charge in [-0.1, -0.05) is 5.21 Å². The Kier molecular flexibility index (Phi) is 4.42. The van der Waals surface area contributed by atoms with Gasteiger partial charge in [-0.2, -0.15) is 0 Å². The highest BCUT2D eigenvalue weighted by atomic mass is 16.6. The van der Waals surface area contributed by atoms with Crippen molar-refractivity contribution in [3.05, 3.63) is 29.6 Å². The molecule has 0 radical (unpaired) electrons. The average molecular weight is 388 g/mol. The van der Waals surface area contributed by atoms with E-state index in [1.165, 1.54) is 4.90 Å². The van der Waals surface area contributed by atoms with Crippen LogP contribution in [0.5, 0.6) is 11.5 Å². The molecule has 1 aromatic carbocycles. The van der Waals surface area contributed by atoms with E-state index in [-0.39, 0.29) is 37.5 Å². The number of amides is 1. The fraction of sp³-hybridized carbons (Fsp3) is 0.444. The van der Waals surface area contributed by atoms with E-state index >= 15 is 0 Å². The molecule has 0 spiro atoms. The highest BCUT2D eigenvalue weighted by molar-refractivity contribution is 5.93. The monoisotopic (exact) mass is 388 g/mol. The molecule has 1 amide bonds. The van der Waals surface area contributed by atoms with Crippen molar-refractivity contribution in [1.82, 2.24) is 19.9 Å². The van der Waals surface area contributed by atoms with Gasteiger partial charge in [0.05, 0.1) is 11.4 Å². The van der Waals surface area contributed by atoms with Gasteiger partial charge in [0.15, 0.2) is 22.8 Å². The molecule has 1 saturated heterocycles. The van der Waals surface area contributed by atoms with Crippen LogP contribution in [0.3, 0.4) is 0 Å². The topological polar surface area (TPSA) is 127 Å². The molecular weight excluding hydrogens is 368 g/mol. The van der Waals surface area contributed by atoms with E-state index in [0.717, 1.165) is 0 Å². The molecule has 148 valence electrons. The Labute approximate surface area is 160 Å². The number of hydrogen-bond acceptors (Lipinski definition) is 7. The van der Waals surface area contributed by atoms with E-state index in [2.05, 4.69) is 10.3 Å². The van der Waals surface area contributed by atoms with Crippen LogP contribution in [0.1, 0.15) is 29.0 Å². The number of rotatable bonds is 3. The Morgan fingerprint density at radius 1 is 1.14 bits per heavy atom. The van der Waals surface area contributed by atoms with Crippen molar-refractivity contribution in [2.75, 3.05) is 26.3 Å². The van der Waals surface area contributed by atoms with E-state index in [1.807, 2.05) is 0 Å². The molecule has 28 heavy (non-hydrogen) atoms. The van der Waals surface area contributed by atoms with Crippen LogP contribution < -0.4 is 9.47 Å². The summed E-state index contributed by atoms with van der Waals surface area (Å²) >= 11 is 0. The molecule has 0 unspecified atom stereocenters. The van der Waals surface area contributed by atoms with Gasteiger partial charge in [0.2, 0.25) is 0 Å². The van der Waals surface area contributed by atoms with Crippen molar-refractivity contribution in [2.45, 2.75) is 25.4 Å². The van der Waals surface area contributed by atoms with Crippen molar-refractivity contribution in [3.8, 4) is 17.2 Å². The number of carboxylic acids is 1. The van der Waals surface area contributed by atoms with E-state index in [0.29, 0.717) is 36.1 Å². The third-order valence-corrected chi connectivity index (χ3v) is 5.14. The quantitative estimate of drug-likeness (QED) is 0.774. The minimum atomic E-state index is -1.78. The Hall–Kier alpha value is -3.14. The second-order valence-corrected chi connectivity index (χ2v) is 6.89. The number of likely N-dealkylation sites (tertiary alicyclic amines) is 1. The molecule has 0 atom stereocenters. The number of benzene rings is 1. The minimum Gasteiger partial charge on any atom is -0.486 e. The van der Waals surface area contributed by atoms with Crippen molar-refractivity contribution < 1.29 is 29.3 Å².